The molecule has 242 valence electrons. The van der Waals surface area contributed by atoms with Gasteiger partial charge in [0.25, 0.3) is 5.79 Å². The van der Waals surface area contributed by atoms with Crippen molar-refractivity contribution < 1.29 is 43.9 Å². The Labute approximate surface area is 247 Å². The van der Waals surface area contributed by atoms with Crippen molar-refractivity contribution in [1.82, 2.24) is 0 Å². The summed E-state index contributed by atoms with van der Waals surface area (Å²) in [6.45, 7) is 1.47. The lowest BCUT2D eigenvalue weighted by Crippen LogP contribution is -2.52. The maximum atomic E-state index is 12.3. The van der Waals surface area contributed by atoms with E-state index in [1.165, 1.54) is 64.2 Å². The molecule has 0 saturated heterocycles. The summed E-state index contributed by atoms with van der Waals surface area (Å²) >= 11 is 0. The number of carboxylic acids is 1. The second-order valence-electron chi connectivity index (χ2n) is 11.0. The minimum absolute atomic E-state index is 0.0160. The van der Waals surface area contributed by atoms with Gasteiger partial charge in [-0.1, -0.05) is 110 Å². The normalized spacial score (nSPS) is 13.5. The minimum Gasteiger partial charge on any atom is -0.481 e. The van der Waals surface area contributed by atoms with Gasteiger partial charge in [-0.05, 0) is 19.3 Å². The number of hydrogen-bond acceptors (Lipinski definition) is 9. The maximum absolute atomic E-state index is 12.3. The predicted molar refractivity (Wildman–Crippen MR) is 158 cm³/mol. The number of rotatable bonds is 30. The first-order valence-electron chi connectivity index (χ1n) is 16.1. The van der Waals surface area contributed by atoms with Crippen LogP contribution in [0.15, 0.2) is 0 Å². The predicted octanol–water partition coefficient (Wildman–Crippen LogP) is 5.74. The Hall–Kier alpha value is -1.75. The summed E-state index contributed by atoms with van der Waals surface area (Å²) in [7, 11) is 0. The molecule has 10 heteroatoms. The van der Waals surface area contributed by atoms with Crippen molar-refractivity contribution in [1.29, 1.82) is 0 Å². The topological polar surface area (TPSA) is 166 Å². The molecule has 0 bridgehead atoms. The lowest BCUT2D eigenvalue weighted by molar-refractivity contribution is -0.322. The summed E-state index contributed by atoms with van der Waals surface area (Å²) in [5.74, 6) is -4.69. The first kappa shape index (κ1) is 39.2. The SMILES string of the molecule is CCCCCCCCCCCCCCCCC(=O)OCC(O)(OC(=O)CCCCCCCC(=O)O)C(O)OCCN. The van der Waals surface area contributed by atoms with Crippen LogP contribution in [-0.2, 0) is 28.6 Å². The first-order valence-corrected chi connectivity index (χ1v) is 16.1. The number of carboxylic acid groups (broad SMARTS) is 1. The molecule has 10 nitrogen and oxygen atoms in total. The van der Waals surface area contributed by atoms with Crippen LogP contribution in [0, 0.1) is 0 Å². The molecule has 0 fully saturated rings. The van der Waals surface area contributed by atoms with E-state index in [1.807, 2.05) is 0 Å². The lowest BCUT2D eigenvalue weighted by Gasteiger charge is -2.31. The maximum Gasteiger partial charge on any atom is 0.308 e. The van der Waals surface area contributed by atoms with Crippen molar-refractivity contribution in [3.05, 3.63) is 0 Å². The summed E-state index contributed by atoms with van der Waals surface area (Å²) in [6.07, 6.45) is 18.5. The number of aliphatic hydroxyl groups is 2. The zero-order valence-electron chi connectivity index (χ0n) is 25.6. The zero-order valence-corrected chi connectivity index (χ0v) is 25.6. The number of aliphatic carboxylic acids is 1. The van der Waals surface area contributed by atoms with Gasteiger partial charge >= 0.3 is 17.9 Å². The van der Waals surface area contributed by atoms with Crippen molar-refractivity contribution in [3.63, 3.8) is 0 Å². The lowest BCUT2D eigenvalue weighted by atomic mass is 10.0. The van der Waals surface area contributed by atoms with Gasteiger partial charge in [-0.2, -0.15) is 0 Å². The Morgan fingerprint density at radius 3 is 1.54 bits per heavy atom. The van der Waals surface area contributed by atoms with E-state index < -0.39 is 36.6 Å². The summed E-state index contributed by atoms with van der Waals surface area (Å²) in [5.41, 5.74) is 5.38. The zero-order chi connectivity index (χ0) is 30.6. The van der Waals surface area contributed by atoms with Gasteiger partial charge in [0.2, 0.25) is 6.29 Å². The van der Waals surface area contributed by atoms with Crippen molar-refractivity contribution in [2.75, 3.05) is 19.8 Å². The molecule has 0 aliphatic rings. The monoisotopic (exact) mass is 589 g/mol. The Kier molecular flexibility index (Phi) is 25.9. The standard InChI is InChI=1S/C31H59NO9/c1-2-3-4-5-6-7-8-9-10-11-12-13-16-19-22-28(35)40-26-31(38,30(37)39-25-24-32)41-29(36)23-20-17-14-15-18-21-27(33)34/h30,37-38H,2-26,32H2,1H3,(H,33,34). The molecule has 0 aromatic rings. The second-order valence-corrected chi connectivity index (χ2v) is 11.0. The summed E-state index contributed by atoms with van der Waals surface area (Å²) < 4.78 is 15.2. The van der Waals surface area contributed by atoms with E-state index in [2.05, 4.69) is 6.92 Å². The van der Waals surface area contributed by atoms with Crippen LogP contribution < -0.4 is 5.73 Å². The number of unbranched alkanes of at least 4 members (excludes halogenated alkanes) is 17. The van der Waals surface area contributed by atoms with Crippen LogP contribution in [0.1, 0.15) is 148 Å². The number of carbonyl (C=O) groups excluding carboxylic acids is 2. The summed E-state index contributed by atoms with van der Waals surface area (Å²) in [6, 6.07) is 0. The molecule has 0 spiro atoms. The van der Waals surface area contributed by atoms with E-state index in [0.717, 1.165) is 32.1 Å². The molecule has 2 unspecified atom stereocenters. The molecule has 0 aliphatic heterocycles. The van der Waals surface area contributed by atoms with Gasteiger partial charge < -0.3 is 35.3 Å². The van der Waals surface area contributed by atoms with Crippen LogP contribution in [0.2, 0.25) is 0 Å². The molecule has 5 N–H and O–H groups in total. The Morgan fingerprint density at radius 2 is 1.10 bits per heavy atom. The molecule has 2 atom stereocenters. The van der Waals surface area contributed by atoms with Crippen LogP contribution in [-0.4, -0.2) is 65.1 Å². The average molecular weight is 590 g/mol. The van der Waals surface area contributed by atoms with Crippen molar-refractivity contribution >= 4 is 17.9 Å². The summed E-state index contributed by atoms with van der Waals surface area (Å²) in [5, 5.41) is 29.6. The van der Waals surface area contributed by atoms with Gasteiger partial charge in [-0.25, -0.2) is 0 Å². The number of carbonyl (C=O) groups is 3. The average Bonchev–Trinajstić information content (AvgIpc) is 2.94. The highest BCUT2D eigenvalue weighted by molar-refractivity contribution is 5.70. The molecule has 0 heterocycles. The molecule has 0 aromatic carbocycles. The van der Waals surface area contributed by atoms with Crippen molar-refractivity contribution in [3.8, 4) is 0 Å². The van der Waals surface area contributed by atoms with E-state index in [1.54, 1.807) is 0 Å². The van der Waals surface area contributed by atoms with Gasteiger partial charge in [-0.15, -0.1) is 0 Å². The van der Waals surface area contributed by atoms with Crippen LogP contribution >= 0.6 is 0 Å². The molecule has 0 radical (unpaired) electrons. The largest absolute Gasteiger partial charge is 0.481 e. The highest BCUT2D eigenvalue weighted by atomic mass is 16.7. The second kappa shape index (κ2) is 27.1. The molecular formula is C31H59NO9. The third-order valence-electron chi connectivity index (χ3n) is 7.02. The first-order chi connectivity index (χ1) is 19.7. The van der Waals surface area contributed by atoms with E-state index in [9.17, 15) is 24.6 Å². The van der Waals surface area contributed by atoms with Gasteiger partial charge in [-0.3, -0.25) is 14.4 Å². The van der Waals surface area contributed by atoms with Crippen LogP contribution in [0.4, 0.5) is 0 Å². The van der Waals surface area contributed by atoms with Crippen LogP contribution in [0.25, 0.3) is 0 Å². The third-order valence-corrected chi connectivity index (χ3v) is 7.02. The van der Waals surface area contributed by atoms with Crippen LogP contribution in [0.5, 0.6) is 0 Å². The van der Waals surface area contributed by atoms with Gasteiger partial charge in [0.1, 0.15) is 0 Å². The fourth-order valence-corrected chi connectivity index (χ4v) is 4.51. The van der Waals surface area contributed by atoms with E-state index in [-0.39, 0.29) is 32.4 Å². The smallest absolute Gasteiger partial charge is 0.308 e. The number of hydrogen-bond donors (Lipinski definition) is 4. The molecule has 0 aromatic heterocycles. The third kappa shape index (κ3) is 24.5. The molecule has 0 saturated carbocycles. The fraction of sp³-hybridized carbons (Fsp3) is 0.903. The molecule has 0 amide bonds. The van der Waals surface area contributed by atoms with Gasteiger partial charge in [0.15, 0.2) is 6.61 Å². The highest BCUT2D eigenvalue weighted by Gasteiger charge is 2.42. The Balaban J connectivity index is 4.15. The number of aliphatic hydroxyl groups excluding tert-OH is 1. The Morgan fingerprint density at radius 1 is 0.683 bits per heavy atom. The van der Waals surface area contributed by atoms with Gasteiger partial charge in [0, 0.05) is 25.8 Å². The summed E-state index contributed by atoms with van der Waals surface area (Å²) in [4.78, 5) is 35.0. The number of esters is 2. The van der Waals surface area contributed by atoms with Crippen molar-refractivity contribution in [2.24, 2.45) is 5.73 Å². The quantitative estimate of drug-likeness (QED) is 0.0461. The van der Waals surface area contributed by atoms with E-state index in [0.29, 0.717) is 25.7 Å². The Bertz CT molecular complexity index is 661. The van der Waals surface area contributed by atoms with Gasteiger partial charge in [0.05, 0.1) is 6.61 Å². The fourth-order valence-electron chi connectivity index (χ4n) is 4.51. The number of nitrogens with two attached hydrogens (primary N) is 1. The van der Waals surface area contributed by atoms with E-state index >= 15 is 0 Å². The van der Waals surface area contributed by atoms with Crippen molar-refractivity contribution in [2.45, 2.75) is 160 Å². The van der Waals surface area contributed by atoms with E-state index in [4.69, 9.17) is 25.1 Å². The van der Waals surface area contributed by atoms with Crippen LogP contribution in [0.3, 0.4) is 0 Å². The molecule has 0 aliphatic carbocycles. The number of ether oxygens (including phenoxy) is 3. The molecule has 0 rings (SSSR count). The highest BCUT2D eigenvalue weighted by Crippen LogP contribution is 2.19. The molecule has 41 heavy (non-hydrogen) atoms. The molecular weight excluding hydrogens is 530 g/mol. The minimum atomic E-state index is -2.54.